The Kier molecular flexibility index (Phi) is 5.17. The SMILES string of the molecule is CCCc1ccc2cc(C(=O)Oc3c(F)c(F)c(F)c(F)c3F)c(=O)[nH]c2c1. The van der Waals surface area contributed by atoms with Gasteiger partial charge in [-0.05, 0) is 29.5 Å². The summed E-state index contributed by atoms with van der Waals surface area (Å²) < 4.78 is 71.2. The molecule has 3 rings (SSSR count). The molecule has 0 aliphatic carbocycles. The van der Waals surface area contributed by atoms with Crippen LogP contribution in [0.2, 0.25) is 0 Å². The van der Waals surface area contributed by atoms with Crippen molar-refractivity contribution < 1.29 is 31.5 Å². The Balaban J connectivity index is 2.02. The zero-order valence-corrected chi connectivity index (χ0v) is 14.3. The van der Waals surface area contributed by atoms with Gasteiger partial charge >= 0.3 is 5.97 Å². The monoisotopic (exact) mass is 397 g/mol. The molecule has 0 aliphatic heterocycles. The normalized spacial score (nSPS) is 11.1. The molecular formula is C19H12F5NO3. The highest BCUT2D eigenvalue weighted by Gasteiger charge is 2.29. The first-order valence-electron chi connectivity index (χ1n) is 8.14. The summed E-state index contributed by atoms with van der Waals surface area (Å²) in [6, 6.07) is 6.20. The predicted octanol–water partition coefficient (Wildman–Crippen LogP) is 4.40. The summed E-state index contributed by atoms with van der Waals surface area (Å²) >= 11 is 0. The first kappa shape index (κ1) is 19.5. The topological polar surface area (TPSA) is 59.2 Å². The van der Waals surface area contributed by atoms with Crippen molar-refractivity contribution >= 4 is 16.9 Å². The van der Waals surface area contributed by atoms with Crippen LogP contribution in [0.1, 0.15) is 29.3 Å². The highest BCUT2D eigenvalue weighted by molar-refractivity contribution is 5.94. The molecule has 0 saturated carbocycles. The lowest BCUT2D eigenvalue weighted by atomic mass is 10.1. The number of halogens is 5. The van der Waals surface area contributed by atoms with Crippen LogP contribution < -0.4 is 10.3 Å². The van der Waals surface area contributed by atoms with E-state index in [1.807, 2.05) is 6.92 Å². The molecule has 0 aliphatic rings. The average molecular weight is 397 g/mol. The van der Waals surface area contributed by atoms with Crippen molar-refractivity contribution in [3.8, 4) is 5.75 Å². The second-order valence-electron chi connectivity index (χ2n) is 5.97. The lowest BCUT2D eigenvalue weighted by Crippen LogP contribution is -2.22. The lowest BCUT2D eigenvalue weighted by molar-refractivity contribution is 0.0714. The molecule has 2 aromatic carbocycles. The second kappa shape index (κ2) is 7.41. The highest BCUT2D eigenvalue weighted by Crippen LogP contribution is 2.29. The van der Waals surface area contributed by atoms with Gasteiger partial charge in [0.2, 0.25) is 34.8 Å². The van der Waals surface area contributed by atoms with Crippen LogP contribution in [0.5, 0.6) is 5.75 Å². The van der Waals surface area contributed by atoms with Crippen LogP contribution in [0, 0.1) is 29.1 Å². The van der Waals surface area contributed by atoms with Gasteiger partial charge in [-0.3, -0.25) is 4.79 Å². The van der Waals surface area contributed by atoms with Crippen molar-refractivity contribution in [1.82, 2.24) is 4.98 Å². The first-order chi connectivity index (χ1) is 13.2. The molecule has 0 fully saturated rings. The van der Waals surface area contributed by atoms with Crippen LogP contribution in [0.15, 0.2) is 29.1 Å². The molecule has 0 bridgehead atoms. The van der Waals surface area contributed by atoms with E-state index in [-0.39, 0.29) is 0 Å². The number of rotatable bonds is 4. The molecule has 0 spiro atoms. The van der Waals surface area contributed by atoms with E-state index in [1.165, 1.54) is 0 Å². The van der Waals surface area contributed by atoms with E-state index in [9.17, 15) is 31.5 Å². The molecule has 0 amide bonds. The fourth-order valence-corrected chi connectivity index (χ4v) is 2.67. The molecule has 1 N–H and O–H groups in total. The fraction of sp³-hybridized carbons (Fsp3) is 0.158. The largest absolute Gasteiger partial charge is 0.416 e. The molecule has 9 heteroatoms. The van der Waals surface area contributed by atoms with Crippen LogP contribution in [-0.4, -0.2) is 11.0 Å². The third-order valence-electron chi connectivity index (χ3n) is 4.03. The molecule has 0 radical (unpaired) electrons. The van der Waals surface area contributed by atoms with Crippen LogP contribution in [0.3, 0.4) is 0 Å². The number of aromatic nitrogens is 1. The van der Waals surface area contributed by atoms with Crippen LogP contribution >= 0.6 is 0 Å². The maximum absolute atomic E-state index is 13.7. The number of benzene rings is 2. The Bertz CT molecular complexity index is 1130. The number of esters is 1. The summed E-state index contributed by atoms with van der Waals surface area (Å²) in [4.78, 5) is 26.7. The van der Waals surface area contributed by atoms with Gasteiger partial charge in [-0.25, -0.2) is 18.0 Å². The molecule has 0 unspecified atom stereocenters. The minimum absolute atomic E-state index is 0.420. The van der Waals surface area contributed by atoms with Gasteiger partial charge in [0, 0.05) is 5.52 Å². The van der Waals surface area contributed by atoms with Gasteiger partial charge in [-0.1, -0.05) is 25.5 Å². The van der Waals surface area contributed by atoms with Crippen LogP contribution in [-0.2, 0) is 6.42 Å². The summed E-state index contributed by atoms with van der Waals surface area (Å²) in [5, 5.41) is 0.420. The number of carbonyl (C=O) groups is 1. The Morgan fingerprint density at radius 2 is 1.57 bits per heavy atom. The van der Waals surface area contributed by atoms with E-state index in [2.05, 4.69) is 9.72 Å². The van der Waals surface area contributed by atoms with Gasteiger partial charge in [0.1, 0.15) is 5.56 Å². The summed E-state index contributed by atoms with van der Waals surface area (Å²) in [6.45, 7) is 1.98. The van der Waals surface area contributed by atoms with Gasteiger partial charge in [0.05, 0.1) is 0 Å². The number of aromatic amines is 1. The summed E-state index contributed by atoms with van der Waals surface area (Å²) in [5.41, 5.74) is -0.221. The van der Waals surface area contributed by atoms with Crippen molar-refractivity contribution in [1.29, 1.82) is 0 Å². The van der Waals surface area contributed by atoms with E-state index < -0.39 is 51.9 Å². The fourth-order valence-electron chi connectivity index (χ4n) is 2.67. The molecule has 4 nitrogen and oxygen atoms in total. The number of aryl methyl sites for hydroxylation is 1. The molecule has 0 atom stereocenters. The number of nitrogens with one attached hydrogen (secondary N) is 1. The van der Waals surface area contributed by atoms with Gasteiger partial charge in [-0.15, -0.1) is 0 Å². The van der Waals surface area contributed by atoms with Gasteiger partial charge < -0.3 is 9.72 Å². The molecule has 1 heterocycles. The molecule has 1 aromatic heterocycles. The van der Waals surface area contributed by atoms with E-state index >= 15 is 0 Å². The Labute approximate surface area is 154 Å². The van der Waals surface area contributed by atoms with E-state index in [0.29, 0.717) is 10.9 Å². The van der Waals surface area contributed by atoms with Crippen LogP contribution in [0.4, 0.5) is 22.0 Å². The third-order valence-corrected chi connectivity index (χ3v) is 4.03. The van der Waals surface area contributed by atoms with Gasteiger partial charge in [-0.2, -0.15) is 8.78 Å². The number of ether oxygens (including phenoxy) is 1. The lowest BCUT2D eigenvalue weighted by Gasteiger charge is -2.09. The van der Waals surface area contributed by atoms with Crippen molar-refractivity contribution in [2.75, 3.05) is 0 Å². The maximum Gasteiger partial charge on any atom is 0.349 e. The number of hydrogen-bond acceptors (Lipinski definition) is 3. The minimum atomic E-state index is -2.39. The average Bonchev–Trinajstić information content (AvgIpc) is 2.67. The Morgan fingerprint density at radius 3 is 2.18 bits per heavy atom. The van der Waals surface area contributed by atoms with E-state index in [0.717, 1.165) is 24.5 Å². The van der Waals surface area contributed by atoms with E-state index in [1.54, 1.807) is 18.2 Å². The Morgan fingerprint density at radius 1 is 0.964 bits per heavy atom. The smallest absolute Gasteiger partial charge is 0.349 e. The van der Waals surface area contributed by atoms with Crippen LogP contribution in [0.25, 0.3) is 10.9 Å². The molecule has 0 saturated heterocycles. The number of pyridine rings is 1. The quantitative estimate of drug-likeness (QED) is 0.234. The van der Waals surface area contributed by atoms with Crippen molar-refractivity contribution in [3.05, 3.63) is 74.8 Å². The second-order valence-corrected chi connectivity index (χ2v) is 5.97. The molecule has 28 heavy (non-hydrogen) atoms. The molecule has 3 aromatic rings. The third kappa shape index (κ3) is 3.35. The summed E-state index contributed by atoms with van der Waals surface area (Å²) in [7, 11) is 0. The standard InChI is InChI=1S/C19H12F5NO3/c1-2-3-8-4-5-9-7-10(18(26)25-11(9)6-8)19(27)28-17-15(23)13(21)12(20)14(22)16(17)24/h4-7H,2-3H2,1H3,(H,25,26). The van der Waals surface area contributed by atoms with Crippen molar-refractivity contribution in [2.24, 2.45) is 0 Å². The minimum Gasteiger partial charge on any atom is -0.416 e. The number of carbonyl (C=O) groups excluding carboxylic acids is 1. The highest BCUT2D eigenvalue weighted by atomic mass is 19.2. The molecular weight excluding hydrogens is 385 g/mol. The van der Waals surface area contributed by atoms with Gasteiger partial charge in [0.25, 0.3) is 5.56 Å². The zero-order valence-electron chi connectivity index (χ0n) is 14.3. The summed E-state index contributed by atoms with van der Waals surface area (Å²) in [5.74, 6) is -14.9. The van der Waals surface area contributed by atoms with Crippen molar-refractivity contribution in [2.45, 2.75) is 19.8 Å². The first-order valence-corrected chi connectivity index (χ1v) is 8.14. The van der Waals surface area contributed by atoms with Crippen molar-refractivity contribution in [3.63, 3.8) is 0 Å². The summed E-state index contributed by atoms with van der Waals surface area (Å²) in [6.07, 6.45) is 1.64. The Hall–Kier alpha value is -3.23. The number of hydrogen-bond donors (Lipinski definition) is 1. The predicted molar refractivity (Wildman–Crippen MR) is 89.8 cm³/mol. The zero-order chi connectivity index (χ0) is 20.6. The van der Waals surface area contributed by atoms with E-state index in [4.69, 9.17) is 0 Å². The number of fused-ring (bicyclic) bond motifs is 1. The number of H-pyrrole nitrogens is 1. The molecule has 146 valence electrons. The maximum atomic E-state index is 13.7. The van der Waals surface area contributed by atoms with Gasteiger partial charge in [0.15, 0.2) is 0 Å².